The smallest absolute Gasteiger partial charge is 0.0435 e. The summed E-state index contributed by atoms with van der Waals surface area (Å²) in [5.41, 5.74) is 8.86. The van der Waals surface area contributed by atoms with E-state index >= 15 is 0 Å². The monoisotopic (exact) mass is 223 g/mol. The van der Waals surface area contributed by atoms with Gasteiger partial charge >= 0.3 is 0 Å². The maximum absolute atomic E-state index is 6.35. The summed E-state index contributed by atoms with van der Waals surface area (Å²) in [5.74, 6) is 0. The van der Waals surface area contributed by atoms with Crippen molar-refractivity contribution in [3.05, 3.63) is 34.3 Å². The Balaban J connectivity index is 2.13. The minimum Gasteiger partial charge on any atom is -0.325 e. The van der Waals surface area contributed by atoms with Crippen LogP contribution in [0.3, 0.4) is 0 Å². The Morgan fingerprint density at radius 2 is 2.00 bits per heavy atom. The van der Waals surface area contributed by atoms with E-state index in [0.717, 1.165) is 29.8 Å². The lowest BCUT2D eigenvalue weighted by Crippen LogP contribution is -2.38. The van der Waals surface area contributed by atoms with Gasteiger partial charge in [0.2, 0.25) is 0 Å². The third kappa shape index (κ3) is 2.53. The van der Waals surface area contributed by atoms with E-state index in [4.69, 9.17) is 17.3 Å². The predicted molar refractivity (Wildman–Crippen MR) is 65.3 cm³/mol. The van der Waals surface area contributed by atoms with E-state index in [2.05, 4.69) is 12.1 Å². The second kappa shape index (κ2) is 4.15. The van der Waals surface area contributed by atoms with Gasteiger partial charge in [0.05, 0.1) is 0 Å². The lowest BCUT2D eigenvalue weighted by molar-refractivity contribution is 0.436. The van der Waals surface area contributed by atoms with Crippen LogP contribution < -0.4 is 5.73 Å². The highest BCUT2D eigenvalue weighted by molar-refractivity contribution is 6.31. The van der Waals surface area contributed by atoms with Crippen molar-refractivity contribution in [2.75, 3.05) is 0 Å². The molecule has 15 heavy (non-hydrogen) atoms. The molecule has 2 heteroatoms. The molecule has 0 spiro atoms. The number of aryl methyl sites for hydroxylation is 1. The van der Waals surface area contributed by atoms with Crippen molar-refractivity contribution in [3.63, 3.8) is 0 Å². The van der Waals surface area contributed by atoms with E-state index in [9.17, 15) is 0 Å². The van der Waals surface area contributed by atoms with Gasteiger partial charge in [0.15, 0.2) is 0 Å². The van der Waals surface area contributed by atoms with Crippen molar-refractivity contribution in [1.29, 1.82) is 0 Å². The van der Waals surface area contributed by atoms with Gasteiger partial charge in [0.25, 0.3) is 0 Å². The molecular formula is C13H18ClN. The van der Waals surface area contributed by atoms with Crippen molar-refractivity contribution < 1.29 is 0 Å². The largest absolute Gasteiger partial charge is 0.325 e. The Morgan fingerprint density at radius 1 is 1.33 bits per heavy atom. The van der Waals surface area contributed by atoms with Crippen LogP contribution in [0.1, 0.15) is 36.8 Å². The van der Waals surface area contributed by atoms with Gasteiger partial charge in [-0.15, -0.1) is 0 Å². The van der Waals surface area contributed by atoms with Gasteiger partial charge in [-0.25, -0.2) is 0 Å². The van der Waals surface area contributed by atoms with E-state index in [-0.39, 0.29) is 5.54 Å². The molecule has 0 atom stereocenters. The zero-order valence-corrected chi connectivity index (χ0v) is 9.98. The maximum atomic E-state index is 6.35. The molecule has 0 unspecified atom stereocenters. The molecule has 2 rings (SSSR count). The Hall–Kier alpha value is -0.530. The Labute approximate surface area is 96.6 Å². The first-order valence-corrected chi connectivity index (χ1v) is 6.01. The Morgan fingerprint density at radius 3 is 2.60 bits per heavy atom. The number of nitrogens with two attached hydrogens (primary N) is 1. The first-order chi connectivity index (χ1) is 7.09. The van der Waals surface area contributed by atoms with Gasteiger partial charge in [-0.3, -0.25) is 0 Å². The van der Waals surface area contributed by atoms with Crippen LogP contribution in [0.2, 0.25) is 5.02 Å². The van der Waals surface area contributed by atoms with Crippen LogP contribution in [0, 0.1) is 6.92 Å². The fourth-order valence-electron chi connectivity index (χ4n) is 2.48. The van der Waals surface area contributed by atoms with Gasteiger partial charge in [0, 0.05) is 10.6 Å². The summed E-state index contributed by atoms with van der Waals surface area (Å²) in [5, 5.41) is 0.844. The molecule has 0 bridgehead atoms. The summed E-state index contributed by atoms with van der Waals surface area (Å²) < 4.78 is 0. The highest BCUT2D eigenvalue weighted by Gasteiger charge is 2.29. The van der Waals surface area contributed by atoms with Gasteiger partial charge in [-0.2, -0.15) is 0 Å². The lowest BCUT2D eigenvalue weighted by atomic mass is 9.90. The molecule has 1 saturated carbocycles. The molecule has 1 fully saturated rings. The Bertz CT molecular complexity index is 354. The summed E-state index contributed by atoms with van der Waals surface area (Å²) in [6.07, 6.45) is 5.88. The van der Waals surface area contributed by atoms with Crippen molar-refractivity contribution >= 4 is 11.6 Å². The molecule has 1 nitrogen and oxygen atoms in total. The Kier molecular flexibility index (Phi) is 3.03. The highest BCUT2D eigenvalue weighted by atomic mass is 35.5. The molecular weight excluding hydrogens is 206 g/mol. The molecule has 1 aliphatic rings. The summed E-state index contributed by atoms with van der Waals surface area (Å²) in [7, 11) is 0. The van der Waals surface area contributed by atoms with E-state index in [1.807, 2.05) is 13.0 Å². The van der Waals surface area contributed by atoms with Gasteiger partial charge in [0.1, 0.15) is 0 Å². The molecule has 0 saturated heterocycles. The van der Waals surface area contributed by atoms with Crippen LogP contribution in [0.4, 0.5) is 0 Å². The molecule has 0 radical (unpaired) electrons. The minimum absolute atomic E-state index is 0.0419. The van der Waals surface area contributed by atoms with Crippen molar-refractivity contribution in [1.82, 2.24) is 0 Å². The molecule has 2 N–H and O–H groups in total. The lowest BCUT2D eigenvalue weighted by Gasteiger charge is -2.23. The number of benzene rings is 1. The number of rotatable bonds is 2. The average molecular weight is 224 g/mol. The van der Waals surface area contributed by atoms with E-state index in [1.165, 1.54) is 18.4 Å². The van der Waals surface area contributed by atoms with Crippen LogP contribution in [0.5, 0.6) is 0 Å². The molecule has 0 aliphatic heterocycles. The van der Waals surface area contributed by atoms with E-state index in [1.54, 1.807) is 0 Å². The van der Waals surface area contributed by atoms with Crippen molar-refractivity contribution in [2.24, 2.45) is 5.73 Å². The first-order valence-electron chi connectivity index (χ1n) is 5.63. The van der Waals surface area contributed by atoms with Gasteiger partial charge in [-0.05, 0) is 43.4 Å². The van der Waals surface area contributed by atoms with Crippen molar-refractivity contribution in [2.45, 2.75) is 44.6 Å². The number of hydrogen-bond acceptors (Lipinski definition) is 1. The molecule has 82 valence electrons. The first kappa shape index (κ1) is 11.0. The van der Waals surface area contributed by atoms with E-state index in [0.29, 0.717) is 0 Å². The molecule has 0 amide bonds. The summed E-state index contributed by atoms with van der Waals surface area (Å²) in [6, 6.07) is 6.24. The van der Waals surface area contributed by atoms with Crippen LogP contribution in [0.25, 0.3) is 0 Å². The molecule has 1 aliphatic carbocycles. The molecule has 0 heterocycles. The van der Waals surface area contributed by atoms with Gasteiger partial charge < -0.3 is 5.73 Å². The van der Waals surface area contributed by atoms with Crippen LogP contribution >= 0.6 is 11.6 Å². The average Bonchev–Trinajstić information content (AvgIpc) is 2.59. The molecule has 0 aromatic heterocycles. The van der Waals surface area contributed by atoms with Crippen LogP contribution in [0.15, 0.2) is 18.2 Å². The zero-order valence-electron chi connectivity index (χ0n) is 9.22. The predicted octanol–water partition coefficient (Wildman–Crippen LogP) is 3.46. The summed E-state index contributed by atoms with van der Waals surface area (Å²) >= 11 is 6.00. The van der Waals surface area contributed by atoms with Gasteiger partial charge in [-0.1, -0.05) is 36.6 Å². The maximum Gasteiger partial charge on any atom is 0.0435 e. The SMILES string of the molecule is Cc1cc(CC2(N)CCCC2)ccc1Cl. The normalized spacial score (nSPS) is 19.4. The molecule has 1 aromatic carbocycles. The number of halogens is 1. The quantitative estimate of drug-likeness (QED) is 0.817. The van der Waals surface area contributed by atoms with Crippen molar-refractivity contribution in [3.8, 4) is 0 Å². The minimum atomic E-state index is 0.0419. The van der Waals surface area contributed by atoms with Crippen LogP contribution in [-0.4, -0.2) is 5.54 Å². The summed E-state index contributed by atoms with van der Waals surface area (Å²) in [4.78, 5) is 0. The van der Waals surface area contributed by atoms with E-state index < -0.39 is 0 Å². The zero-order chi connectivity index (χ0) is 10.9. The highest BCUT2D eigenvalue weighted by Crippen LogP contribution is 2.31. The third-order valence-electron chi connectivity index (χ3n) is 3.38. The fourth-order valence-corrected chi connectivity index (χ4v) is 2.60. The fraction of sp³-hybridized carbons (Fsp3) is 0.538. The number of hydrogen-bond donors (Lipinski definition) is 1. The molecule has 1 aromatic rings. The third-order valence-corrected chi connectivity index (χ3v) is 3.80. The topological polar surface area (TPSA) is 26.0 Å². The van der Waals surface area contributed by atoms with Crippen LogP contribution in [-0.2, 0) is 6.42 Å². The second-order valence-corrected chi connectivity index (χ2v) is 5.24. The summed E-state index contributed by atoms with van der Waals surface area (Å²) in [6.45, 7) is 2.05. The second-order valence-electron chi connectivity index (χ2n) is 4.83. The standard InChI is InChI=1S/C13H18ClN/c1-10-8-11(4-5-12(10)14)9-13(15)6-2-3-7-13/h4-5,8H,2-3,6-7,9,15H2,1H3.